The number of rotatable bonds is 9. The van der Waals surface area contributed by atoms with Crippen LogP contribution >= 0.6 is 0 Å². The molecular formula is C12H20O2. The lowest BCUT2D eigenvalue weighted by molar-refractivity contribution is -0.129. The van der Waals surface area contributed by atoms with Crippen LogP contribution in [0.1, 0.15) is 51.9 Å². The first-order valence-corrected chi connectivity index (χ1v) is 5.44. The number of hydrogen-bond donors (Lipinski definition) is 0. The van der Waals surface area contributed by atoms with Gasteiger partial charge in [-0.3, -0.25) is 9.59 Å². The second-order valence-corrected chi connectivity index (χ2v) is 3.44. The molecule has 0 fully saturated rings. The summed E-state index contributed by atoms with van der Waals surface area (Å²) >= 11 is 0. The summed E-state index contributed by atoms with van der Waals surface area (Å²) in [5, 5.41) is 0. The number of aldehydes is 1. The Bertz CT molecular complexity index is 183. The molecule has 0 unspecified atom stereocenters. The highest BCUT2D eigenvalue weighted by atomic mass is 16.2. The number of hydrogen-bond acceptors (Lipinski definition) is 2. The lowest BCUT2D eigenvalue weighted by atomic mass is 10.1. The van der Waals surface area contributed by atoms with Crippen LogP contribution in [-0.2, 0) is 9.59 Å². The summed E-state index contributed by atoms with van der Waals surface area (Å²) in [5.74, 6) is -0.305. The maximum absolute atomic E-state index is 10.6. The Morgan fingerprint density at radius 1 is 1.07 bits per heavy atom. The lowest BCUT2D eigenvalue weighted by Crippen LogP contribution is -1.96. The molecule has 0 radical (unpaired) electrons. The number of allylic oxidation sites excluding steroid dienone is 2. The highest BCUT2D eigenvalue weighted by molar-refractivity contribution is 6.24. The van der Waals surface area contributed by atoms with Crippen LogP contribution in [0.2, 0.25) is 0 Å². The summed E-state index contributed by atoms with van der Waals surface area (Å²) in [7, 11) is 0. The molecule has 0 amide bonds. The van der Waals surface area contributed by atoms with Crippen LogP contribution in [0.5, 0.6) is 0 Å². The van der Waals surface area contributed by atoms with Crippen molar-refractivity contribution >= 4 is 12.1 Å². The van der Waals surface area contributed by atoms with Gasteiger partial charge in [0, 0.05) is 6.42 Å². The second-order valence-electron chi connectivity index (χ2n) is 3.44. The predicted octanol–water partition coefficient (Wildman–Crippen LogP) is 3.06. The molecule has 0 aromatic rings. The Morgan fingerprint density at radius 3 is 2.43 bits per heavy atom. The molecule has 0 rings (SSSR count). The van der Waals surface area contributed by atoms with Crippen LogP contribution in [0.3, 0.4) is 0 Å². The number of carbonyl (C=O) groups excluding carboxylic acids is 2. The van der Waals surface area contributed by atoms with Crippen molar-refractivity contribution in [3.63, 3.8) is 0 Å². The molecule has 2 nitrogen and oxygen atoms in total. The maximum Gasteiger partial charge on any atom is 0.195 e. The van der Waals surface area contributed by atoms with E-state index in [1.54, 1.807) is 0 Å². The minimum atomic E-state index is -0.305. The van der Waals surface area contributed by atoms with Crippen LogP contribution in [-0.4, -0.2) is 12.1 Å². The van der Waals surface area contributed by atoms with Gasteiger partial charge in [-0.1, -0.05) is 38.3 Å². The molecule has 0 aromatic carbocycles. The summed E-state index contributed by atoms with van der Waals surface area (Å²) < 4.78 is 0. The van der Waals surface area contributed by atoms with Gasteiger partial charge in [-0.25, -0.2) is 0 Å². The van der Waals surface area contributed by atoms with Crippen molar-refractivity contribution in [3.05, 3.63) is 12.2 Å². The Balaban J connectivity index is 3.19. The van der Waals surface area contributed by atoms with Crippen LogP contribution in [0.15, 0.2) is 12.2 Å². The molecule has 0 bridgehead atoms. The van der Waals surface area contributed by atoms with Crippen LogP contribution in [0.4, 0.5) is 0 Å². The van der Waals surface area contributed by atoms with E-state index in [4.69, 9.17) is 0 Å². The van der Waals surface area contributed by atoms with Crippen LogP contribution in [0.25, 0.3) is 0 Å². The zero-order valence-electron chi connectivity index (χ0n) is 9.00. The summed E-state index contributed by atoms with van der Waals surface area (Å²) in [5.41, 5.74) is 0. The number of Topliss-reactive ketones (excluding diaryl/α,β-unsaturated/α-hetero) is 1. The van der Waals surface area contributed by atoms with E-state index < -0.39 is 0 Å². The quantitative estimate of drug-likeness (QED) is 0.246. The molecule has 2 heteroatoms. The lowest BCUT2D eigenvalue weighted by Gasteiger charge is -1.93. The van der Waals surface area contributed by atoms with Crippen LogP contribution in [0, 0.1) is 0 Å². The maximum atomic E-state index is 10.6. The van der Waals surface area contributed by atoms with Gasteiger partial charge in [0.1, 0.15) is 0 Å². The Kier molecular flexibility index (Phi) is 9.49. The second kappa shape index (κ2) is 10.2. The van der Waals surface area contributed by atoms with E-state index in [0.29, 0.717) is 19.1 Å². The van der Waals surface area contributed by atoms with Crippen molar-refractivity contribution in [1.29, 1.82) is 0 Å². The molecule has 0 aliphatic carbocycles. The van der Waals surface area contributed by atoms with Gasteiger partial charge in [0.2, 0.25) is 0 Å². The average Bonchev–Trinajstić information content (AvgIpc) is 2.21. The van der Waals surface area contributed by atoms with Gasteiger partial charge in [0.25, 0.3) is 0 Å². The molecule has 0 aliphatic rings. The van der Waals surface area contributed by atoms with Gasteiger partial charge in [-0.05, 0) is 19.3 Å². The largest absolute Gasteiger partial charge is 0.295 e. The topological polar surface area (TPSA) is 34.1 Å². The molecule has 0 aromatic heterocycles. The minimum absolute atomic E-state index is 0.305. The molecular weight excluding hydrogens is 176 g/mol. The zero-order valence-corrected chi connectivity index (χ0v) is 9.00. The highest BCUT2D eigenvalue weighted by Crippen LogP contribution is 2.03. The van der Waals surface area contributed by atoms with E-state index >= 15 is 0 Å². The fourth-order valence-corrected chi connectivity index (χ4v) is 1.21. The van der Waals surface area contributed by atoms with Crippen molar-refractivity contribution in [1.82, 2.24) is 0 Å². The van der Waals surface area contributed by atoms with E-state index in [1.807, 2.05) is 6.08 Å². The van der Waals surface area contributed by atoms with Gasteiger partial charge >= 0.3 is 0 Å². The normalized spacial score (nSPS) is 10.6. The molecule has 0 N–H and O–H groups in total. The first-order valence-electron chi connectivity index (χ1n) is 5.44. The van der Waals surface area contributed by atoms with Crippen LogP contribution < -0.4 is 0 Å². The molecule has 0 saturated heterocycles. The number of ketones is 1. The molecule has 0 heterocycles. The molecule has 80 valence electrons. The zero-order chi connectivity index (χ0) is 10.6. The van der Waals surface area contributed by atoms with Gasteiger partial charge in [0.15, 0.2) is 12.1 Å². The summed E-state index contributed by atoms with van der Waals surface area (Å²) in [6.45, 7) is 2.20. The van der Waals surface area contributed by atoms with Crippen molar-refractivity contribution in [2.75, 3.05) is 0 Å². The third-order valence-corrected chi connectivity index (χ3v) is 2.08. The third-order valence-electron chi connectivity index (χ3n) is 2.08. The molecule has 0 spiro atoms. The van der Waals surface area contributed by atoms with E-state index in [1.165, 1.54) is 25.7 Å². The highest BCUT2D eigenvalue weighted by Gasteiger charge is 1.94. The van der Waals surface area contributed by atoms with Crippen molar-refractivity contribution < 1.29 is 9.59 Å². The van der Waals surface area contributed by atoms with Gasteiger partial charge in [-0.15, -0.1) is 0 Å². The predicted molar refractivity (Wildman–Crippen MR) is 58.2 cm³/mol. The minimum Gasteiger partial charge on any atom is -0.295 e. The standard InChI is InChI=1S/C12H20O2/c1-2-3-4-5-6-7-8-9-10-12(14)11-13/h7-8,11H,2-6,9-10H2,1H3. The summed E-state index contributed by atoms with van der Waals surface area (Å²) in [6, 6.07) is 0. The summed E-state index contributed by atoms with van der Waals surface area (Å²) in [6.07, 6.45) is 11.7. The Morgan fingerprint density at radius 2 is 1.79 bits per heavy atom. The van der Waals surface area contributed by atoms with Gasteiger partial charge in [0.05, 0.1) is 0 Å². The SMILES string of the molecule is CCCCCCC=CCCC(=O)C=O. The number of carbonyl (C=O) groups is 2. The smallest absolute Gasteiger partial charge is 0.195 e. The van der Waals surface area contributed by atoms with Crippen molar-refractivity contribution in [2.45, 2.75) is 51.9 Å². The van der Waals surface area contributed by atoms with Gasteiger partial charge < -0.3 is 0 Å². The first-order chi connectivity index (χ1) is 6.81. The molecule has 14 heavy (non-hydrogen) atoms. The van der Waals surface area contributed by atoms with Crippen molar-refractivity contribution in [2.24, 2.45) is 0 Å². The fraction of sp³-hybridized carbons (Fsp3) is 0.667. The Hall–Kier alpha value is -0.920. The molecule has 0 atom stereocenters. The molecule has 0 aliphatic heterocycles. The Labute approximate surface area is 86.4 Å². The van der Waals surface area contributed by atoms with E-state index in [2.05, 4.69) is 13.0 Å². The van der Waals surface area contributed by atoms with E-state index in [0.717, 1.165) is 6.42 Å². The molecule has 0 saturated carbocycles. The van der Waals surface area contributed by atoms with Crippen molar-refractivity contribution in [3.8, 4) is 0 Å². The van der Waals surface area contributed by atoms with Gasteiger partial charge in [-0.2, -0.15) is 0 Å². The average molecular weight is 196 g/mol. The summed E-state index contributed by atoms with van der Waals surface area (Å²) in [4.78, 5) is 20.6. The fourth-order valence-electron chi connectivity index (χ4n) is 1.21. The van der Waals surface area contributed by atoms with E-state index in [9.17, 15) is 9.59 Å². The first kappa shape index (κ1) is 13.1. The monoisotopic (exact) mass is 196 g/mol. The number of unbranched alkanes of at least 4 members (excludes halogenated alkanes) is 4. The third kappa shape index (κ3) is 9.17. The van der Waals surface area contributed by atoms with E-state index in [-0.39, 0.29) is 5.78 Å².